The maximum absolute atomic E-state index is 13.0. The number of thiophene rings is 1. The van der Waals surface area contributed by atoms with Crippen molar-refractivity contribution in [1.82, 2.24) is 14.8 Å². The Balaban J connectivity index is 1.45. The molecule has 2 aromatic carbocycles. The fourth-order valence-corrected chi connectivity index (χ4v) is 5.90. The zero-order valence-corrected chi connectivity index (χ0v) is 25.5. The zero-order valence-electron chi connectivity index (χ0n) is 23.8. The highest BCUT2D eigenvalue weighted by molar-refractivity contribution is 7.99. The molecule has 0 fully saturated rings. The third kappa shape index (κ3) is 7.25. The van der Waals surface area contributed by atoms with Crippen molar-refractivity contribution in [2.45, 2.75) is 50.9 Å². The number of benzene rings is 2. The van der Waals surface area contributed by atoms with Gasteiger partial charge in [0.1, 0.15) is 16.3 Å². The molecule has 10 heteroatoms. The Kier molecular flexibility index (Phi) is 9.67. The van der Waals surface area contributed by atoms with Crippen LogP contribution in [0.1, 0.15) is 55.5 Å². The van der Waals surface area contributed by atoms with E-state index < -0.39 is 5.97 Å². The number of nitrogens with zero attached hydrogens (tertiary/aromatic N) is 3. The first kappa shape index (κ1) is 30.1. The molecule has 4 aromatic rings. The predicted molar refractivity (Wildman–Crippen MR) is 165 cm³/mol. The Morgan fingerprint density at radius 2 is 1.83 bits per heavy atom. The average Bonchev–Trinajstić information content (AvgIpc) is 3.56. The summed E-state index contributed by atoms with van der Waals surface area (Å²) in [6.45, 7) is 12.7. The summed E-state index contributed by atoms with van der Waals surface area (Å²) in [6.07, 6.45) is 1.37. The molecule has 41 heavy (non-hydrogen) atoms. The molecule has 0 saturated carbocycles. The Labute approximate surface area is 248 Å². The van der Waals surface area contributed by atoms with Crippen molar-refractivity contribution in [3.8, 4) is 16.9 Å². The first-order valence-electron chi connectivity index (χ1n) is 13.1. The first-order valence-corrected chi connectivity index (χ1v) is 15.0. The molecular formula is C31H34N4O4S2. The maximum Gasteiger partial charge on any atom is 0.341 e. The fraction of sp³-hybridized carbons (Fsp3) is 0.290. The summed E-state index contributed by atoms with van der Waals surface area (Å²) in [4.78, 5) is 25.6. The molecule has 0 aliphatic rings. The van der Waals surface area contributed by atoms with E-state index in [1.54, 1.807) is 6.08 Å². The van der Waals surface area contributed by atoms with Crippen molar-refractivity contribution < 1.29 is 19.1 Å². The average molecular weight is 591 g/mol. The van der Waals surface area contributed by atoms with E-state index >= 15 is 0 Å². The Morgan fingerprint density at radius 1 is 1.12 bits per heavy atom. The minimum Gasteiger partial charge on any atom is -0.483 e. The number of amides is 1. The van der Waals surface area contributed by atoms with Crippen LogP contribution in [0.3, 0.4) is 0 Å². The van der Waals surface area contributed by atoms with Crippen molar-refractivity contribution in [3.63, 3.8) is 0 Å². The molecule has 1 amide bonds. The van der Waals surface area contributed by atoms with Gasteiger partial charge in [0, 0.05) is 17.5 Å². The summed E-state index contributed by atoms with van der Waals surface area (Å²) in [5.41, 5.74) is 3.19. The third-order valence-corrected chi connectivity index (χ3v) is 8.17. The highest BCUT2D eigenvalue weighted by atomic mass is 32.2. The number of ether oxygens (including phenoxy) is 2. The van der Waals surface area contributed by atoms with Gasteiger partial charge in [0.15, 0.2) is 17.1 Å². The van der Waals surface area contributed by atoms with E-state index in [4.69, 9.17) is 9.47 Å². The number of thioether (sulfide) groups is 1. The molecule has 0 radical (unpaired) electrons. The molecule has 2 aromatic heterocycles. The van der Waals surface area contributed by atoms with Gasteiger partial charge < -0.3 is 14.8 Å². The Hall–Kier alpha value is -3.89. The molecular weight excluding hydrogens is 556 g/mol. The van der Waals surface area contributed by atoms with Gasteiger partial charge in [0.05, 0.1) is 12.9 Å². The van der Waals surface area contributed by atoms with Gasteiger partial charge in [-0.15, -0.1) is 28.1 Å². The molecule has 0 bridgehead atoms. The molecule has 0 aliphatic carbocycles. The van der Waals surface area contributed by atoms with Crippen molar-refractivity contribution in [3.05, 3.63) is 89.6 Å². The topological polar surface area (TPSA) is 95.3 Å². The molecule has 8 nitrogen and oxygen atoms in total. The summed E-state index contributed by atoms with van der Waals surface area (Å²) in [5.74, 6) is 0.647. The van der Waals surface area contributed by atoms with Crippen molar-refractivity contribution in [1.29, 1.82) is 0 Å². The van der Waals surface area contributed by atoms with Crippen LogP contribution in [0.4, 0.5) is 5.00 Å². The van der Waals surface area contributed by atoms with E-state index in [-0.39, 0.29) is 23.2 Å². The number of nitrogens with one attached hydrogen (secondary N) is 1. The lowest BCUT2D eigenvalue weighted by atomic mass is 9.87. The second kappa shape index (κ2) is 13.2. The predicted octanol–water partition coefficient (Wildman–Crippen LogP) is 7.15. The fourth-order valence-electron chi connectivity index (χ4n) is 4.18. The zero-order chi connectivity index (χ0) is 29.6. The molecule has 4 rings (SSSR count). The van der Waals surface area contributed by atoms with E-state index in [2.05, 4.69) is 55.0 Å². The van der Waals surface area contributed by atoms with E-state index in [1.165, 1.54) is 35.8 Å². The second-order valence-corrected chi connectivity index (χ2v) is 12.1. The number of rotatable bonds is 11. The van der Waals surface area contributed by atoms with Crippen molar-refractivity contribution in [2.75, 3.05) is 18.2 Å². The van der Waals surface area contributed by atoms with Crippen LogP contribution >= 0.6 is 23.1 Å². The number of aromatic nitrogens is 3. The van der Waals surface area contributed by atoms with Crippen LogP contribution in [0.2, 0.25) is 0 Å². The van der Waals surface area contributed by atoms with Gasteiger partial charge in [-0.05, 0) is 35.6 Å². The lowest BCUT2D eigenvalue weighted by Gasteiger charge is -2.20. The number of esters is 1. The molecule has 1 N–H and O–H groups in total. The van der Waals surface area contributed by atoms with E-state index in [0.717, 1.165) is 11.3 Å². The normalized spacial score (nSPS) is 12.0. The Morgan fingerprint density at radius 3 is 2.46 bits per heavy atom. The maximum atomic E-state index is 13.0. The van der Waals surface area contributed by atoms with Crippen LogP contribution in [-0.4, -0.2) is 39.5 Å². The summed E-state index contributed by atoms with van der Waals surface area (Å²) < 4.78 is 13.1. The minimum absolute atomic E-state index is 0.0568. The van der Waals surface area contributed by atoms with Gasteiger partial charge >= 0.3 is 5.97 Å². The summed E-state index contributed by atoms with van der Waals surface area (Å²) >= 11 is 2.53. The second-order valence-electron chi connectivity index (χ2n) is 10.3. The highest BCUT2D eigenvalue weighted by Crippen LogP contribution is 2.36. The lowest BCUT2D eigenvalue weighted by Crippen LogP contribution is -2.17. The smallest absolute Gasteiger partial charge is 0.341 e. The Bertz CT molecular complexity index is 1510. The van der Waals surface area contributed by atoms with Gasteiger partial charge in [-0.3, -0.25) is 9.36 Å². The van der Waals surface area contributed by atoms with E-state index in [1.807, 2.05) is 59.3 Å². The number of anilines is 1. The molecule has 1 unspecified atom stereocenters. The van der Waals surface area contributed by atoms with E-state index in [0.29, 0.717) is 33.7 Å². The molecule has 1 atom stereocenters. The summed E-state index contributed by atoms with van der Waals surface area (Å²) in [7, 11) is 1.33. The number of allylic oxidation sites excluding steroid dienone is 1. The van der Waals surface area contributed by atoms with Gasteiger partial charge in [-0.2, -0.15) is 0 Å². The van der Waals surface area contributed by atoms with Gasteiger partial charge in [0.25, 0.3) is 0 Å². The van der Waals surface area contributed by atoms with Crippen LogP contribution in [0, 0.1) is 0 Å². The quantitative estimate of drug-likeness (QED) is 0.113. The summed E-state index contributed by atoms with van der Waals surface area (Å²) in [6, 6.07) is 17.6. The van der Waals surface area contributed by atoms with Crippen molar-refractivity contribution >= 4 is 40.0 Å². The van der Waals surface area contributed by atoms with Gasteiger partial charge in [0.2, 0.25) is 5.91 Å². The number of methoxy groups -OCH3 is 1. The standard InChI is InChI=1S/C31H34N4O4S2/c1-7-17-35-27(20(2)39-23-15-13-22(14-16-23)31(3,4)5)33-34-30(35)41-19-25(36)32-28-26(29(37)38-6)24(18-40-28)21-11-9-8-10-12-21/h7-16,18,20H,1,17,19H2,2-6H3,(H,32,36). The lowest BCUT2D eigenvalue weighted by molar-refractivity contribution is -0.113. The van der Waals surface area contributed by atoms with Crippen LogP contribution in [0.5, 0.6) is 5.75 Å². The number of carbonyl (C=O) groups is 2. The molecule has 0 saturated heterocycles. The van der Waals surface area contributed by atoms with Gasteiger partial charge in [-0.1, -0.05) is 81.1 Å². The monoisotopic (exact) mass is 590 g/mol. The van der Waals surface area contributed by atoms with Gasteiger partial charge in [-0.25, -0.2) is 4.79 Å². The first-order chi connectivity index (χ1) is 19.6. The van der Waals surface area contributed by atoms with Crippen LogP contribution < -0.4 is 10.1 Å². The highest BCUT2D eigenvalue weighted by Gasteiger charge is 2.24. The van der Waals surface area contributed by atoms with Crippen LogP contribution in [-0.2, 0) is 21.5 Å². The largest absolute Gasteiger partial charge is 0.483 e. The molecule has 0 spiro atoms. The van der Waals surface area contributed by atoms with Crippen LogP contribution in [0.25, 0.3) is 11.1 Å². The summed E-state index contributed by atoms with van der Waals surface area (Å²) in [5, 5.41) is 14.4. The van der Waals surface area contributed by atoms with E-state index in [9.17, 15) is 9.59 Å². The van der Waals surface area contributed by atoms with Crippen molar-refractivity contribution in [2.24, 2.45) is 0 Å². The molecule has 0 aliphatic heterocycles. The molecule has 214 valence electrons. The number of hydrogen-bond donors (Lipinski definition) is 1. The minimum atomic E-state index is -0.509. The number of carbonyl (C=O) groups excluding carboxylic acids is 2. The van der Waals surface area contributed by atoms with Crippen LogP contribution in [0.15, 0.2) is 77.8 Å². The molecule has 2 heterocycles. The third-order valence-electron chi connectivity index (χ3n) is 6.30. The number of hydrogen-bond acceptors (Lipinski definition) is 8. The SMILES string of the molecule is C=CCn1c(SCC(=O)Nc2scc(-c3ccccc3)c2C(=O)OC)nnc1C(C)Oc1ccc(C(C)(C)C)cc1.